The highest BCUT2D eigenvalue weighted by atomic mass is 16.1. The van der Waals surface area contributed by atoms with E-state index >= 15 is 0 Å². The average molecular weight is 271 g/mol. The topological polar surface area (TPSA) is 47.8 Å². The molecule has 0 atom stereocenters. The van der Waals surface area contributed by atoms with Gasteiger partial charge in [0, 0.05) is 12.1 Å². The number of aryl methyl sites for hydroxylation is 3. The molecule has 0 saturated carbocycles. The van der Waals surface area contributed by atoms with Crippen LogP contribution in [0.2, 0.25) is 0 Å². The van der Waals surface area contributed by atoms with Gasteiger partial charge in [-0.25, -0.2) is 4.68 Å². The van der Waals surface area contributed by atoms with Crippen molar-refractivity contribution in [2.24, 2.45) is 0 Å². The molecule has 0 aliphatic heterocycles. The molecule has 4 heteroatoms. The quantitative estimate of drug-likeness (QED) is 0.596. The molecule has 0 unspecified atom stereocenters. The van der Waals surface area contributed by atoms with Gasteiger partial charge in [-0.05, 0) is 37.5 Å². The highest BCUT2D eigenvalue weighted by Crippen LogP contribution is 2.24. The Morgan fingerprint density at radius 1 is 1.20 bits per heavy atom. The first-order valence-electron chi connectivity index (χ1n) is 7.13. The first-order chi connectivity index (χ1) is 9.67. The third-order valence-corrected chi connectivity index (χ3v) is 3.63. The molecule has 2 rings (SSSR count). The molecular weight excluding hydrogens is 250 g/mol. The zero-order valence-corrected chi connectivity index (χ0v) is 12.4. The second-order valence-electron chi connectivity index (χ2n) is 5.17. The fourth-order valence-corrected chi connectivity index (χ4v) is 2.26. The summed E-state index contributed by atoms with van der Waals surface area (Å²) in [4.78, 5) is 11.2. The second kappa shape index (κ2) is 6.46. The van der Waals surface area contributed by atoms with Crippen molar-refractivity contribution >= 4 is 6.29 Å². The third kappa shape index (κ3) is 2.95. The molecule has 1 aromatic carbocycles. The number of carbonyl (C=O) groups is 1. The summed E-state index contributed by atoms with van der Waals surface area (Å²) >= 11 is 0. The van der Waals surface area contributed by atoms with Crippen molar-refractivity contribution < 1.29 is 4.79 Å². The van der Waals surface area contributed by atoms with E-state index in [-0.39, 0.29) is 0 Å². The zero-order chi connectivity index (χ0) is 14.5. The maximum Gasteiger partial charge on any atom is 0.172 e. The van der Waals surface area contributed by atoms with Crippen LogP contribution < -0.4 is 0 Å². The summed E-state index contributed by atoms with van der Waals surface area (Å²) in [5.74, 6) is 0. The van der Waals surface area contributed by atoms with Crippen LogP contribution in [-0.4, -0.2) is 21.3 Å². The maximum atomic E-state index is 11.2. The number of rotatable bonds is 6. The molecule has 0 spiro atoms. The maximum absolute atomic E-state index is 11.2. The Morgan fingerprint density at radius 2 is 2.00 bits per heavy atom. The van der Waals surface area contributed by atoms with Crippen LogP contribution in [0.15, 0.2) is 18.2 Å². The van der Waals surface area contributed by atoms with E-state index in [1.807, 2.05) is 10.7 Å². The summed E-state index contributed by atoms with van der Waals surface area (Å²) in [6.07, 6.45) is 4.15. The van der Waals surface area contributed by atoms with Crippen molar-refractivity contribution in [3.8, 4) is 11.3 Å². The molecular formula is C16H21N3O. The van der Waals surface area contributed by atoms with Gasteiger partial charge in [-0.1, -0.05) is 37.1 Å². The van der Waals surface area contributed by atoms with Crippen molar-refractivity contribution in [1.82, 2.24) is 15.0 Å². The highest BCUT2D eigenvalue weighted by Gasteiger charge is 2.14. The number of hydrogen-bond acceptors (Lipinski definition) is 3. The number of benzene rings is 1. The van der Waals surface area contributed by atoms with Crippen LogP contribution in [0.25, 0.3) is 11.3 Å². The molecule has 0 bridgehead atoms. The number of hydrogen-bond donors (Lipinski definition) is 0. The van der Waals surface area contributed by atoms with Gasteiger partial charge in [-0.2, -0.15) is 0 Å². The van der Waals surface area contributed by atoms with E-state index in [2.05, 4.69) is 43.2 Å². The van der Waals surface area contributed by atoms with Gasteiger partial charge in [0.25, 0.3) is 0 Å². The molecule has 1 heterocycles. The number of carbonyl (C=O) groups excluding carboxylic acids is 1. The van der Waals surface area contributed by atoms with Crippen molar-refractivity contribution in [2.45, 2.75) is 46.6 Å². The van der Waals surface area contributed by atoms with E-state index in [9.17, 15) is 4.79 Å². The van der Waals surface area contributed by atoms with Crippen LogP contribution in [-0.2, 0) is 6.54 Å². The molecule has 0 fully saturated rings. The molecule has 4 nitrogen and oxygen atoms in total. The van der Waals surface area contributed by atoms with Crippen LogP contribution in [0.3, 0.4) is 0 Å². The predicted octanol–water partition coefficient (Wildman–Crippen LogP) is 3.56. The molecule has 0 N–H and O–H groups in total. The summed E-state index contributed by atoms with van der Waals surface area (Å²) in [5, 5.41) is 8.11. The van der Waals surface area contributed by atoms with E-state index in [1.54, 1.807) is 0 Å². The minimum Gasteiger partial charge on any atom is -0.296 e. The first kappa shape index (κ1) is 14.4. The van der Waals surface area contributed by atoms with Gasteiger partial charge in [0.2, 0.25) is 0 Å². The molecule has 0 aliphatic rings. The normalized spacial score (nSPS) is 10.8. The molecule has 20 heavy (non-hydrogen) atoms. The Bertz CT molecular complexity index is 602. The van der Waals surface area contributed by atoms with Crippen LogP contribution >= 0.6 is 0 Å². The summed E-state index contributed by atoms with van der Waals surface area (Å²) in [6.45, 7) is 7.13. The van der Waals surface area contributed by atoms with Crippen molar-refractivity contribution in [1.29, 1.82) is 0 Å². The summed E-state index contributed by atoms with van der Waals surface area (Å²) in [6, 6.07) is 6.20. The second-order valence-corrected chi connectivity index (χ2v) is 5.17. The number of aromatic nitrogens is 3. The predicted molar refractivity (Wildman–Crippen MR) is 79.8 cm³/mol. The molecule has 2 aromatic rings. The van der Waals surface area contributed by atoms with E-state index in [0.29, 0.717) is 5.69 Å². The zero-order valence-electron chi connectivity index (χ0n) is 12.4. The Labute approximate surface area is 119 Å². The monoisotopic (exact) mass is 271 g/mol. The van der Waals surface area contributed by atoms with Crippen LogP contribution in [0.4, 0.5) is 0 Å². The van der Waals surface area contributed by atoms with Crippen molar-refractivity contribution in [2.75, 3.05) is 0 Å². The fraction of sp³-hybridized carbons (Fsp3) is 0.438. The average Bonchev–Trinajstić information content (AvgIpc) is 2.85. The van der Waals surface area contributed by atoms with Gasteiger partial charge in [0.1, 0.15) is 0 Å². The summed E-state index contributed by atoms with van der Waals surface area (Å²) < 4.78 is 1.85. The minimum atomic E-state index is 0.421. The number of nitrogens with zero attached hydrogens (tertiary/aromatic N) is 3. The minimum absolute atomic E-state index is 0.421. The number of unbranched alkanes of at least 4 members (excludes halogenated alkanes) is 2. The van der Waals surface area contributed by atoms with Crippen molar-refractivity contribution in [3.05, 3.63) is 35.0 Å². The van der Waals surface area contributed by atoms with Crippen molar-refractivity contribution in [3.63, 3.8) is 0 Å². The van der Waals surface area contributed by atoms with Gasteiger partial charge in [0.05, 0.1) is 5.69 Å². The highest BCUT2D eigenvalue weighted by molar-refractivity contribution is 5.83. The molecule has 0 aliphatic carbocycles. The lowest BCUT2D eigenvalue weighted by Gasteiger charge is -2.08. The molecule has 0 radical (unpaired) electrons. The summed E-state index contributed by atoms with van der Waals surface area (Å²) in [7, 11) is 0. The van der Waals surface area contributed by atoms with Gasteiger partial charge in [-0.3, -0.25) is 4.79 Å². The standard InChI is InChI=1S/C16H21N3O/c1-4-5-6-9-19-16(15(11-20)17-18-19)14-8-7-12(2)13(3)10-14/h7-8,10-11H,4-6,9H2,1-3H3. The fourth-order valence-electron chi connectivity index (χ4n) is 2.26. The Morgan fingerprint density at radius 3 is 2.65 bits per heavy atom. The lowest BCUT2D eigenvalue weighted by atomic mass is 10.0. The Hall–Kier alpha value is -1.97. The van der Waals surface area contributed by atoms with Gasteiger partial charge >= 0.3 is 0 Å². The Kier molecular flexibility index (Phi) is 4.66. The van der Waals surface area contributed by atoms with Crippen LogP contribution in [0.1, 0.15) is 47.8 Å². The van der Waals surface area contributed by atoms with Gasteiger partial charge in [-0.15, -0.1) is 5.10 Å². The largest absolute Gasteiger partial charge is 0.296 e. The number of aldehydes is 1. The van der Waals surface area contributed by atoms with Gasteiger partial charge < -0.3 is 0 Å². The van der Waals surface area contributed by atoms with Gasteiger partial charge in [0.15, 0.2) is 12.0 Å². The molecule has 1 aromatic heterocycles. The smallest absolute Gasteiger partial charge is 0.172 e. The van der Waals surface area contributed by atoms with E-state index in [1.165, 1.54) is 11.1 Å². The lowest BCUT2D eigenvalue weighted by molar-refractivity contribution is 0.111. The van der Waals surface area contributed by atoms with E-state index in [0.717, 1.165) is 43.4 Å². The first-order valence-corrected chi connectivity index (χ1v) is 7.13. The summed E-state index contributed by atoms with van der Waals surface area (Å²) in [5.41, 5.74) is 4.72. The molecule has 106 valence electrons. The van der Waals surface area contributed by atoms with Crippen LogP contribution in [0.5, 0.6) is 0 Å². The molecule has 0 amide bonds. The molecule has 0 saturated heterocycles. The van der Waals surface area contributed by atoms with E-state index < -0.39 is 0 Å². The van der Waals surface area contributed by atoms with E-state index in [4.69, 9.17) is 0 Å². The third-order valence-electron chi connectivity index (χ3n) is 3.63. The SMILES string of the molecule is CCCCCn1nnc(C=O)c1-c1ccc(C)c(C)c1. The lowest BCUT2D eigenvalue weighted by Crippen LogP contribution is -2.03. The Balaban J connectivity index is 2.39. The van der Waals surface area contributed by atoms with Crippen LogP contribution in [0, 0.1) is 13.8 Å².